The Morgan fingerprint density at radius 3 is 2.58 bits per heavy atom. The quantitative estimate of drug-likeness (QED) is 0.794. The van der Waals surface area contributed by atoms with Crippen molar-refractivity contribution >= 4 is 23.0 Å². The maximum atomic E-state index is 9.22. The van der Waals surface area contributed by atoms with Crippen molar-refractivity contribution in [1.82, 2.24) is 0 Å². The van der Waals surface area contributed by atoms with Crippen LogP contribution < -0.4 is 9.47 Å². The maximum absolute atomic E-state index is 9.22. The average Bonchev–Trinajstić information content (AvgIpc) is 2.98. The van der Waals surface area contributed by atoms with Gasteiger partial charge in [0.2, 0.25) is 0 Å². The van der Waals surface area contributed by atoms with Crippen LogP contribution in [0, 0.1) is 11.3 Å². The van der Waals surface area contributed by atoms with Crippen LogP contribution in [0.2, 0.25) is 0 Å². The highest BCUT2D eigenvalue weighted by Gasteiger charge is 2.06. The number of methoxy groups -OCH3 is 2. The molecule has 0 aliphatic heterocycles. The second-order valence-electron chi connectivity index (χ2n) is 3.76. The molecule has 2 aromatic rings. The second-order valence-corrected chi connectivity index (χ2v) is 4.71. The number of ether oxygens (including phenoxy) is 2. The third kappa shape index (κ3) is 2.95. The standard InChI is InChI=1S/C15H13NO2S/c1-17-13-6-5-11(9-14(13)18-2)8-12(10-16)15-4-3-7-19-15/h3-9H,1-2H3/b12-8+. The number of hydrogen-bond donors (Lipinski definition) is 0. The van der Waals surface area contributed by atoms with Crippen molar-refractivity contribution in [3.05, 3.63) is 46.2 Å². The molecule has 19 heavy (non-hydrogen) atoms. The van der Waals surface area contributed by atoms with Crippen LogP contribution in [0.4, 0.5) is 0 Å². The van der Waals surface area contributed by atoms with Crippen molar-refractivity contribution in [2.45, 2.75) is 0 Å². The molecule has 4 heteroatoms. The number of allylic oxidation sites excluding steroid dienone is 1. The minimum absolute atomic E-state index is 0.641. The molecule has 0 bridgehead atoms. The lowest BCUT2D eigenvalue weighted by Gasteiger charge is -2.07. The van der Waals surface area contributed by atoms with E-state index in [0.717, 1.165) is 10.4 Å². The van der Waals surface area contributed by atoms with Gasteiger partial charge in [-0.1, -0.05) is 12.1 Å². The van der Waals surface area contributed by atoms with Crippen molar-refractivity contribution in [3.8, 4) is 17.6 Å². The van der Waals surface area contributed by atoms with Gasteiger partial charge >= 0.3 is 0 Å². The highest BCUT2D eigenvalue weighted by atomic mass is 32.1. The van der Waals surface area contributed by atoms with Gasteiger partial charge in [0.25, 0.3) is 0 Å². The molecule has 0 saturated carbocycles. The van der Waals surface area contributed by atoms with Crippen LogP contribution in [0.3, 0.4) is 0 Å². The Hall–Kier alpha value is -2.25. The molecule has 1 aromatic carbocycles. The predicted molar refractivity (Wildman–Crippen MR) is 77.3 cm³/mol. The van der Waals surface area contributed by atoms with E-state index in [9.17, 15) is 5.26 Å². The summed E-state index contributed by atoms with van der Waals surface area (Å²) in [6.07, 6.45) is 1.84. The molecule has 0 amide bonds. The fourth-order valence-electron chi connectivity index (χ4n) is 1.70. The number of rotatable bonds is 4. The van der Waals surface area contributed by atoms with Crippen molar-refractivity contribution < 1.29 is 9.47 Å². The summed E-state index contributed by atoms with van der Waals surface area (Å²) >= 11 is 1.55. The molecule has 0 spiro atoms. The number of benzene rings is 1. The van der Waals surface area contributed by atoms with Gasteiger partial charge in [-0.15, -0.1) is 11.3 Å². The first kappa shape index (κ1) is 13.2. The van der Waals surface area contributed by atoms with E-state index in [0.29, 0.717) is 17.1 Å². The van der Waals surface area contributed by atoms with E-state index in [4.69, 9.17) is 9.47 Å². The van der Waals surface area contributed by atoms with E-state index in [1.165, 1.54) is 0 Å². The Balaban J connectivity index is 2.40. The maximum Gasteiger partial charge on any atom is 0.161 e. The number of thiophene rings is 1. The van der Waals surface area contributed by atoms with E-state index >= 15 is 0 Å². The number of hydrogen-bond acceptors (Lipinski definition) is 4. The summed E-state index contributed by atoms with van der Waals surface area (Å²) in [7, 11) is 3.19. The molecule has 0 aliphatic rings. The van der Waals surface area contributed by atoms with E-state index in [-0.39, 0.29) is 0 Å². The zero-order valence-electron chi connectivity index (χ0n) is 10.7. The Labute approximate surface area is 116 Å². The van der Waals surface area contributed by atoms with Gasteiger partial charge in [-0.05, 0) is 35.2 Å². The molecule has 0 N–H and O–H groups in total. The van der Waals surface area contributed by atoms with Crippen molar-refractivity contribution in [2.75, 3.05) is 14.2 Å². The average molecular weight is 271 g/mol. The van der Waals surface area contributed by atoms with Crippen LogP contribution in [0.15, 0.2) is 35.7 Å². The lowest BCUT2D eigenvalue weighted by Crippen LogP contribution is -1.90. The Morgan fingerprint density at radius 2 is 2.00 bits per heavy atom. The summed E-state index contributed by atoms with van der Waals surface area (Å²) in [5, 5.41) is 11.2. The van der Waals surface area contributed by atoms with Gasteiger partial charge in [-0.25, -0.2) is 0 Å². The first-order chi connectivity index (χ1) is 9.28. The predicted octanol–water partition coefficient (Wildman–Crippen LogP) is 3.83. The minimum Gasteiger partial charge on any atom is -0.493 e. The Bertz CT molecular complexity index is 624. The van der Waals surface area contributed by atoms with Crippen LogP contribution in [-0.2, 0) is 0 Å². The summed E-state index contributed by atoms with van der Waals surface area (Å²) < 4.78 is 10.4. The van der Waals surface area contributed by atoms with Gasteiger partial charge < -0.3 is 9.47 Å². The lowest BCUT2D eigenvalue weighted by atomic mass is 10.1. The van der Waals surface area contributed by atoms with Gasteiger partial charge in [0.05, 0.1) is 19.8 Å². The van der Waals surface area contributed by atoms with Crippen LogP contribution in [-0.4, -0.2) is 14.2 Å². The zero-order valence-corrected chi connectivity index (χ0v) is 11.5. The van der Waals surface area contributed by atoms with Crippen molar-refractivity contribution in [1.29, 1.82) is 5.26 Å². The van der Waals surface area contributed by atoms with Gasteiger partial charge in [0.1, 0.15) is 6.07 Å². The summed E-state index contributed by atoms with van der Waals surface area (Å²) in [6.45, 7) is 0. The van der Waals surface area contributed by atoms with Crippen LogP contribution >= 0.6 is 11.3 Å². The highest BCUT2D eigenvalue weighted by Crippen LogP contribution is 2.30. The molecule has 0 aliphatic carbocycles. The SMILES string of the molecule is COc1ccc(/C=C(\C#N)c2cccs2)cc1OC. The van der Waals surface area contributed by atoms with E-state index in [2.05, 4.69) is 6.07 Å². The Morgan fingerprint density at radius 1 is 1.21 bits per heavy atom. The molecule has 0 radical (unpaired) electrons. The molecule has 0 saturated heterocycles. The van der Waals surface area contributed by atoms with Gasteiger partial charge in [0.15, 0.2) is 11.5 Å². The van der Waals surface area contributed by atoms with Crippen LogP contribution in [0.5, 0.6) is 11.5 Å². The van der Waals surface area contributed by atoms with E-state index in [1.807, 2.05) is 41.8 Å². The van der Waals surface area contributed by atoms with E-state index < -0.39 is 0 Å². The molecular weight excluding hydrogens is 258 g/mol. The monoisotopic (exact) mass is 271 g/mol. The molecule has 1 heterocycles. The zero-order chi connectivity index (χ0) is 13.7. The Kier molecular flexibility index (Phi) is 4.22. The molecule has 2 rings (SSSR count). The van der Waals surface area contributed by atoms with Crippen molar-refractivity contribution in [3.63, 3.8) is 0 Å². The number of nitrogens with zero attached hydrogens (tertiary/aromatic N) is 1. The number of nitriles is 1. The molecule has 0 fully saturated rings. The molecule has 1 aromatic heterocycles. The third-order valence-electron chi connectivity index (χ3n) is 2.63. The lowest BCUT2D eigenvalue weighted by molar-refractivity contribution is 0.355. The largest absolute Gasteiger partial charge is 0.493 e. The molecule has 96 valence electrons. The first-order valence-electron chi connectivity index (χ1n) is 5.66. The van der Waals surface area contributed by atoms with Gasteiger partial charge in [-0.2, -0.15) is 5.26 Å². The molecule has 0 unspecified atom stereocenters. The fourth-order valence-corrected chi connectivity index (χ4v) is 2.39. The summed E-state index contributed by atoms with van der Waals surface area (Å²) in [5.74, 6) is 1.33. The van der Waals surface area contributed by atoms with E-state index in [1.54, 1.807) is 25.6 Å². The minimum atomic E-state index is 0.641. The summed E-state index contributed by atoms with van der Waals surface area (Å²) in [5.41, 5.74) is 1.55. The topological polar surface area (TPSA) is 42.2 Å². The summed E-state index contributed by atoms with van der Waals surface area (Å²) in [4.78, 5) is 0.956. The molecule has 3 nitrogen and oxygen atoms in total. The highest BCUT2D eigenvalue weighted by molar-refractivity contribution is 7.11. The smallest absolute Gasteiger partial charge is 0.161 e. The van der Waals surface area contributed by atoms with Gasteiger partial charge in [0, 0.05) is 4.88 Å². The first-order valence-corrected chi connectivity index (χ1v) is 6.54. The fraction of sp³-hybridized carbons (Fsp3) is 0.133. The van der Waals surface area contributed by atoms with Crippen LogP contribution in [0.1, 0.15) is 10.4 Å². The van der Waals surface area contributed by atoms with Crippen LogP contribution in [0.25, 0.3) is 11.6 Å². The molecule has 0 atom stereocenters. The summed E-state index contributed by atoms with van der Waals surface area (Å²) in [6, 6.07) is 11.7. The normalized spacial score (nSPS) is 10.9. The third-order valence-corrected chi connectivity index (χ3v) is 3.53. The second kappa shape index (κ2) is 6.07. The molecular formula is C15H13NO2S. The van der Waals surface area contributed by atoms with Crippen molar-refractivity contribution in [2.24, 2.45) is 0 Å². The van der Waals surface area contributed by atoms with Gasteiger partial charge in [-0.3, -0.25) is 0 Å².